The molecule has 0 atom stereocenters. The maximum absolute atomic E-state index is 11.8. The van der Waals surface area contributed by atoms with Gasteiger partial charge in [0.15, 0.2) is 0 Å². The predicted octanol–water partition coefficient (Wildman–Crippen LogP) is 1.95. The van der Waals surface area contributed by atoms with Gasteiger partial charge in [0, 0.05) is 17.5 Å². The maximum Gasteiger partial charge on any atom is 0.286 e. The Balaban J connectivity index is 1.90. The highest BCUT2D eigenvalue weighted by Gasteiger charge is 2.09. The number of hydrogen-bond donors (Lipinski definition) is 3. The molecule has 0 saturated heterocycles. The van der Waals surface area contributed by atoms with Gasteiger partial charge in [-0.3, -0.25) is 20.4 Å². The number of rotatable bonds is 4. The van der Waals surface area contributed by atoms with Gasteiger partial charge in [0.2, 0.25) is 0 Å². The number of carbonyl (C=O) groups is 2. The maximum atomic E-state index is 11.8. The Kier molecular flexibility index (Phi) is 4.84. The molecule has 0 aliphatic rings. The number of nitrogens with one attached hydrogen (secondary N) is 3. The van der Waals surface area contributed by atoms with Crippen molar-refractivity contribution in [2.24, 2.45) is 0 Å². The van der Waals surface area contributed by atoms with Crippen LogP contribution in [0.5, 0.6) is 0 Å². The molecule has 2 aromatic rings. The summed E-state index contributed by atoms with van der Waals surface area (Å²) < 4.78 is 0. The van der Waals surface area contributed by atoms with Crippen LogP contribution >= 0.6 is 11.8 Å². The lowest BCUT2D eigenvalue weighted by Gasteiger charge is -2.07. The van der Waals surface area contributed by atoms with Gasteiger partial charge in [-0.25, -0.2) is 0 Å². The van der Waals surface area contributed by atoms with Gasteiger partial charge in [0.05, 0.1) is 0 Å². The van der Waals surface area contributed by atoms with Gasteiger partial charge in [0.1, 0.15) is 5.69 Å². The second kappa shape index (κ2) is 6.81. The van der Waals surface area contributed by atoms with Gasteiger partial charge in [-0.1, -0.05) is 12.1 Å². The van der Waals surface area contributed by atoms with Crippen LogP contribution in [-0.2, 0) is 5.75 Å². The van der Waals surface area contributed by atoms with Crippen LogP contribution in [-0.4, -0.2) is 23.1 Å². The highest BCUT2D eigenvalue weighted by molar-refractivity contribution is 7.97. The minimum absolute atomic E-state index is 0.347. The van der Waals surface area contributed by atoms with Crippen LogP contribution in [0.3, 0.4) is 0 Å². The summed E-state index contributed by atoms with van der Waals surface area (Å²) in [6, 6.07) is 10.6. The Morgan fingerprint density at radius 1 is 1.10 bits per heavy atom. The Hall–Kier alpha value is -2.21. The quantitative estimate of drug-likeness (QED) is 0.753. The first-order chi connectivity index (χ1) is 9.70. The van der Waals surface area contributed by atoms with E-state index in [0.29, 0.717) is 11.3 Å². The molecule has 2 rings (SSSR count). The number of H-pyrrole nitrogens is 1. The van der Waals surface area contributed by atoms with E-state index >= 15 is 0 Å². The number of benzene rings is 1. The van der Waals surface area contributed by atoms with E-state index in [1.807, 2.05) is 18.4 Å². The van der Waals surface area contributed by atoms with E-state index in [1.54, 1.807) is 42.2 Å². The fourth-order valence-electron chi connectivity index (χ4n) is 1.64. The van der Waals surface area contributed by atoms with E-state index in [4.69, 9.17) is 0 Å². The van der Waals surface area contributed by atoms with Gasteiger partial charge in [-0.2, -0.15) is 11.8 Å². The Morgan fingerprint density at radius 2 is 1.80 bits per heavy atom. The fourth-order valence-corrected chi connectivity index (χ4v) is 2.17. The summed E-state index contributed by atoms with van der Waals surface area (Å²) in [5.41, 5.74) is 6.77. The molecular weight excluding hydrogens is 274 g/mol. The van der Waals surface area contributed by atoms with Crippen molar-refractivity contribution in [1.82, 2.24) is 15.8 Å². The van der Waals surface area contributed by atoms with Crippen LogP contribution in [0.1, 0.15) is 26.4 Å². The molecule has 5 nitrogen and oxygen atoms in total. The summed E-state index contributed by atoms with van der Waals surface area (Å²) in [6.45, 7) is 0. The van der Waals surface area contributed by atoms with E-state index in [0.717, 1.165) is 11.3 Å². The van der Waals surface area contributed by atoms with Crippen molar-refractivity contribution in [3.8, 4) is 0 Å². The Labute approximate surface area is 121 Å². The van der Waals surface area contributed by atoms with E-state index in [9.17, 15) is 9.59 Å². The molecule has 0 spiro atoms. The summed E-state index contributed by atoms with van der Waals surface area (Å²) in [5.74, 6) is 0.175. The normalized spacial score (nSPS) is 10.1. The number of aromatic amines is 1. The summed E-state index contributed by atoms with van der Waals surface area (Å²) >= 11 is 1.72. The van der Waals surface area contributed by atoms with Crippen LogP contribution in [0.4, 0.5) is 0 Å². The smallest absolute Gasteiger partial charge is 0.286 e. The third-order valence-corrected chi connectivity index (χ3v) is 3.28. The Bertz CT molecular complexity index is 579. The number of thioether (sulfide) groups is 1. The zero-order valence-electron chi connectivity index (χ0n) is 11.0. The molecule has 3 N–H and O–H groups in total. The van der Waals surface area contributed by atoms with Crippen LogP contribution in [0, 0.1) is 0 Å². The molecule has 0 saturated carbocycles. The topological polar surface area (TPSA) is 74.0 Å². The lowest BCUT2D eigenvalue weighted by atomic mass is 10.1. The second-order valence-electron chi connectivity index (χ2n) is 4.12. The average Bonchev–Trinajstić information content (AvgIpc) is 3.00. The summed E-state index contributed by atoms with van der Waals surface area (Å²) in [4.78, 5) is 26.2. The molecule has 0 radical (unpaired) electrons. The molecule has 2 amide bonds. The molecule has 0 aliphatic heterocycles. The van der Waals surface area contributed by atoms with Crippen molar-refractivity contribution in [1.29, 1.82) is 0 Å². The number of carbonyl (C=O) groups excluding carboxylic acids is 2. The van der Waals surface area contributed by atoms with E-state index in [1.165, 1.54) is 0 Å². The molecule has 0 bridgehead atoms. The summed E-state index contributed by atoms with van der Waals surface area (Å²) in [7, 11) is 0. The molecular formula is C14H15N3O2S. The van der Waals surface area contributed by atoms with Gasteiger partial charge < -0.3 is 4.98 Å². The first kappa shape index (κ1) is 14.2. The van der Waals surface area contributed by atoms with Gasteiger partial charge in [-0.05, 0) is 36.1 Å². The molecule has 6 heteroatoms. The van der Waals surface area contributed by atoms with Crippen molar-refractivity contribution >= 4 is 23.6 Å². The van der Waals surface area contributed by atoms with Crippen molar-refractivity contribution in [2.75, 3.05) is 6.26 Å². The fraction of sp³-hybridized carbons (Fsp3) is 0.143. The first-order valence-electron chi connectivity index (χ1n) is 6.02. The van der Waals surface area contributed by atoms with E-state index in [2.05, 4.69) is 15.8 Å². The van der Waals surface area contributed by atoms with Crippen LogP contribution < -0.4 is 10.9 Å². The highest BCUT2D eigenvalue weighted by Crippen LogP contribution is 2.10. The minimum atomic E-state index is -0.387. The molecule has 1 aromatic heterocycles. The lowest BCUT2D eigenvalue weighted by molar-refractivity contribution is 0.0844. The number of aromatic nitrogens is 1. The third kappa shape index (κ3) is 3.64. The lowest BCUT2D eigenvalue weighted by Crippen LogP contribution is -2.41. The third-order valence-electron chi connectivity index (χ3n) is 2.66. The molecule has 104 valence electrons. The standard InChI is InChI=1S/C14H15N3O2S/c1-20-9-10-4-6-11(7-5-10)13(18)16-17-14(19)12-3-2-8-15-12/h2-8,15H,9H2,1H3,(H,16,18)(H,17,19). The zero-order chi connectivity index (χ0) is 14.4. The Morgan fingerprint density at radius 3 is 2.40 bits per heavy atom. The van der Waals surface area contributed by atoms with Crippen LogP contribution in [0.25, 0.3) is 0 Å². The molecule has 20 heavy (non-hydrogen) atoms. The monoisotopic (exact) mass is 289 g/mol. The summed E-state index contributed by atoms with van der Waals surface area (Å²) in [5, 5.41) is 0. The van der Waals surface area contributed by atoms with E-state index in [-0.39, 0.29) is 11.8 Å². The molecule has 0 unspecified atom stereocenters. The van der Waals surface area contributed by atoms with Gasteiger partial charge >= 0.3 is 0 Å². The van der Waals surface area contributed by atoms with Crippen molar-refractivity contribution in [2.45, 2.75) is 5.75 Å². The predicted molar refractivity (Wildman–Crippen MR) is 79.4 cm³/mol. The minimum Gasteiger partial charge on any atom is -0.357 e. The number of hydrazine groups is 1. The number of amides is 2. The van der Waals surface area contributed by atoms with E-state index < -0.39 is 0 Å². The average molecular weight is 289 g/mol. The molecule has 0 aliphatic carbocycles. The van der Waals surface area contributed by atoms with Crippen molar-refractivity contribution in [3.63, 3.8) is 0 Å². The highest BCUT2D eigenvalue weighted by atomic mass is 32.2. The zero-order valence-corrected chi connectivity index (χ0v) is 11.8. The molecule has 1 heterocycles. The second-order valence-corrected chi connectivity index (χ2v) is 4.99. The van der Waals surface area contributed by atoms with Gasteiger partial charge in [-0.15, -0.1) is 0 Å². The van der Waals surface area contributed by atoms with Gasteiger partial charge in [0.25, 0.3) is 11.8 Å². The summed E-state index contributed by atoms with van der Waals surface area (Å²) in [6.07, 6.45) is 3.66. The molecule has 1 aromatic carbocycles. The van der Waals surface area contributed by atoms with Crippen LogP contribution in [0.2, 0.25) is 0 Å². The first-order valence-corrected chi connectivity index (χ1v) is 7.42. The number of hydrogen-bond acceptors (Lipinski definition) is 3. The largest absolute Gasteiger partial charge is 0.357 e. The molecule has 0 fully saturated rings. The van der Waals surface area contributed by atoms with Crippen molar-refractivity contribution < 1.29 is 9.59 Å². The van der Waals surface area contributed by atoms with Crippen LogP contribution in [0.15, 0.2) is 42.6 Å². The SMILES string of the molecule is CSCc1ccc(C(=O)NNC(=O)c2ccc[nH]2)cc1. The van der Waals surface area contributed by atoms with Crippen molar-refractivity contribution in [3.05, 3.63) is 59.4 Å².